The number of carbonyl (C=O) groups is 1. The lowest BCUT2D eigenvalue weighted by Crippen LogP contribution is -2.19. The highest BCUT2D eigenvalue weighted by atomic mass is 35.5. The number of alkyl halides is 1. The van der Waals surface area contributed by atoms with E-state index in [0.29, 0.717) is 12.4 Å². The summed E-state index contributed by atoms with van der Waals surface area (Å²) in [7, 11) is 1.69. The number of hydrogen-bond donors (Lipinski definition) is 0. The van der Waals surface area contributed by atoms with E-state index in [1.807, 2.05) is 0 Å². The molecule has 0 aliphatic carbocycles. The van der Waals surface area contributed by atoms with Crippen LogP contribution in [0.4, 0.5) is 4.79 Å². The minimum Gasteiger partial charge on any atom is -0.443 e. The zero-order valence-electron chi connectivity index (χ0n) is 5.13. The summed E-state index contributed by atoms with van der Waals surface area (Å²) in [5, 5.41) is 0. The maximum atomic E-state index is 10.6. The first kappa shape index (κ1) is 6.68. The predicted octanol–water partition coefficient (Wildman–Crippen LogP) is 0.676. The number of hydrogen-bond acceptors (Lipinski definition) is 2. The van der Waals surface area contributed by atoms with Crippen molar-refractivity contribution in [2.45, 2.75) is 6.10 Å². The monoisotopic (exact) mass is 149 g/mol. The Balaban J connectivity index is 2.44. The topological polar surface area (TPSA) is 29.5 Å². The smallest absolute Gasteiger partial charge is 0.410 e. The number of likely N-dealkylation sites (N-methyl/N-ethyl adjacent to an activating group) is 1. The van der Waals surface area contributed by atoms with Crippen molar-refractivity contribution >= 4 is 17.7 Å². The Morgan fingerprint density at radius 3 is 2.89 bits per heavy atom. The second-order valence-electron chi connectivity index (χ2n) is 2.04. The van der Waals surface area contributed by atoms with E-state index in [1.165, 1.54) is 4.90 Å². The van der Waals surface area contributed by atoms with E-state index in [1.54, 1.807) is 7.05 Å². The first-order chi connectivity index (χ1) is 4.24. The summed E-state index contributed by atoms with van der Waals surface area (Å²) in [4.78, 5) is 12.1. The van der Waals surface area contributed by atoms with Gasteiger partial charge in [-0.2, -0.15) is 0 Å². The van der Waals surface area contributed by atoms with E-state index >= 15 is 0 Å². The number of nitrogens with zero attached hydrogens (tertiary/aromatic N) is 1. The summed E-state index contributed by atoms with van der Waals surface area (Å²) in [6.45, 7) is 0.613. The van der Waals surface area contributed by atoms with Crippen LogP contribution < -0.4 is 0 Å². The van der Waals surface area contributed by atoms with Crippen molar-refractivity contribution < 1.29 is 9.53 Å². The molecule has 1 atom stereocenters. The molecule has 9 heavy (non-hydrogen) atoms. The van der Waals surface area contributed by atoms with E-state index in [4.69, 9.17) is 16.3 Å². The Morgan fingerprint density at radius 1 is 2.00 bits per heavy atom. The molecule has 0 aromatic carbocycles. The van der Waals surface area contributed by atoms with Crippen molar-refractivity contribution in [1.82, 2.24) is 4.90 Å². The van der Waals surface area contributed by atoms with E-state index < -0.39 is 0 Å². The second kappa shape index (κ2) is 2.43. The minimum atomic E-state index is -0.277. The van der Waals surface area contributed by atoms with Crippen LogP contribution in [0.1, 0.15) is 0 Å². The van der Waals surface area contributed by atoms with Gasteiger partial charge in [-0.05, 0) is 0 Å². The molecule has 0 bridgehead atoms. The van der Waals surface area contributed by atoms with Gasteiger partial charge >= 0.3 is 6.09 Å². The summed E-state index contributed by atoms with van der Waals surface area (Å²) in [6.07, 6.45) is -0.384. The van der Waals surface area contributed by atoms with Gasteiger partial charge in [-0.3, -0.25) is 0 Å². The Labute approximate surface area is 58.5 Å². The first-order valence-electron chi connectivity index (χ1n) is 2.71. The maximum Gasteiger partial charge on any atom is 0.410 e. The summed E-state index contributed by atoms with van der Waals surface area (Å²) in [5.74, 6) is 0.385. The zero-order chi connectivity index (χ0) is 6.85. The van der Waals surface area contributed by atoms with Crippen molar-refractivity contribution in [2.24, 2.45) is 0 Å². The van der Waals surface area contributed by atoms with E-state index in [0.717, 1.165) is 0 Å². The molecule has 1 aliphatic heterocycles. The van der Waals surface area contributed by atoms with Crippen molar-refractivity contribution in [2.75, 3.05) is 19.5 Å². The Bertz CT molecular complexity index is 128. The summed E-state index contributed by atoms with van der Waals surface area (Å²) < 4.78 is 4.78. The van der Waals surface area contributed by atoms with E-state index in [2.05, 4.69) is 0 Å². The molecular weight excluding hydrogens is 142 g/mol. The van der Waals surface area contributed by atoms with Crippen molar-refractivity contribution in [3.8, 4) is 0 Å². The highest BCUT2D eigenvalue weighted by Gasteiger charge is 2.26. The first-order valence-corrected chi connectivity index (χ1v) is 3.25. The maximum absolute atomic E-state index is 10.6. The van der Waals surface area contributed by atoms with Crippen molar-refractivity contribution in [3.63, 3.8) is 0 Å². The molecular formula is C5H8ClNO2. The fraction of sp³-hybridized carbons (Fsp3) is 0.800. The fourth-order valence-corrected chi connectivity index (χ4v) is 0.891. The number of amides is 1. The van der Waals surface area contributed by atoms with Crippen LogP contribution in [0.25, 0.3) is 0 Å². The zero-order valence-corrected chi connectivity index (χ0v) is 5.89. The molecule has 1 fully saturated rings. The lowest BCUT2D eigenvalue weighted by Gasteiger charge is -2.00. The number of carbonyl (C=O) groups excluding carboxylic acids is 1. The van der Waals surface area contributed by atoms with Crippen molar-refractivity contribution in [1.29, 1.82) is 0 Å². The summed E-state index contributed by atoms with van der Waals surface area (Å²) in [5.41, 5.74) is 0. The van der Waals surface area contributed by atoms with Crippen LogP contribution in [0.2, 0.25) is 0 Å². The third-order valence-electron chi connectivity index (χ3n) is 1.23. The standard InChI is InChI=1S/C5H8ClNO2/c1-7-3-4(2-6)9-5(7)8/h4H,2-3H2,1H3. The molecule has 0 saturated carbocycles. The summed E-state index contributed by atoms with van der Waals surface area (Å²) in [6, 6.07) is 0. The van der Waals surface area contributed by atoms with Crippen LogP contribution in [0.15, 0.2) is 0 Å². The van der Waals surface area contributed by atoms with Gasteiger partial charge in [-0.15, -0.1) is 11.6 Å². The molecule has 52 valence electrons. The van der Waals surface area contributed by atoms with Gasteiger partial charge in [0.15, 0.2) is 0 Å². The second-order valence-corrected chi connectivity index (χ2v) is 2.35. The summed E-state index contributed by atoms with van der Waals surface area (Å²) >= 11 is 5.43. The van der Waals surface area contributed by atoms with Gasteiger partial charge in [0.2, 0.25) is 0 Å². The van der Waals surface area contributed by atoms with Gasteiger partial charge in [0.25, 0.3) is 0 Å². The number of halogens is 1. The van der Waals surface area contributed by atoms with Crippen LogP contribution in [-0.2, 0) is 4.74 Å². The number of rotatable bonds is 1. The van der Waals surface area contributed by atoms with Crippen LogP contribution in [0.3, 0.4) is 0 Å². The third-order valence-corrected chi connectivity index (χ3v) is 1.57. The third kappa shape index (κ3) is 1.27. The van der Waals surface area contributed by atoms with Gasteiger partial charge in [-0.25, -0.2) is 4.79 Å². The van der Waals surface area contributed by atoms with Crippen LogP contribution >= 0.6 is 11.6 Å². The lowest BCUT2D eigenvalue weighted by molar-refractivity contribution is 0.142. The molecule has 1 aliphatic rings. The van der Waals surface area contributed by atoms with Gasteiger partial charge in [0.1, 0.15) is 6.10 Å². The van der Waals surface area contributed by atoms with Crippen LogP contribution in [-0.4, -0.2) is 36.6 Å². The number of ether oxygens (including phenoxy) is 1. The molecule has 4 heteroatoms. The predicted molar refractivity (Wildman–Crippen MR) is 33.6 cm³/mol. The average molecular weight is 150 g/mol. The van der Waals surface area contributed by atoms with Gasteiger partial charge in [0, 0.05) is 7.05 Å². The molecule has 0 radical (unpaired) electrons. The van der Waals surface area contributed by atoms with Crippen LogP contribution in [0.5, 0.6) is 0 Å². The Hall–Kier alpha value is -0.440. The van der Waals surface area contributed by atoms with Crippen LogP contribution in [0, 0.1) is 0 Å². The number of cyclic esters (lactones) is 1. The Kier molecular flexibility index (Phi) is 1.81. The van der Waals surface area contributed by atoms with E-state index in [-0.39, 0.29) is 12.2 Å². The molecule has 0 spiro atoms. The largest absolute Gasteiger partial charge is 0.443 e. The molecule has 1 rings (SSSR count). The van der Waals surface area contributed by atoms with E-state index in [9.17, 15) is 4.79 Å². The van der Waals surface area contributed by atoms with Gasteiger partial charge < -0.3 is 9.64 Å². The molecule has 0 aromatic heterocycles. The molecule has 0 N–H and O–H groups in total. The molecule has 3 nitrogen and oxygen atoms in total. The molecule has 1 heterocycles. The van der Waals surface area contributed by atoms with Gasteiger partial charge in [-0.1, -0.05) is 0 Å². The normalized spacial score (nSPS) is 26.7. The average Bonchev–Trinajstić information content (AvgIpc) is 2.13. The fourth-order valence-electron chi connectivity index (χ4n) is 0.730. The van der Waals surface area contributed by atoms with Gasteiger partial charge in [0.05, 0.1) is 12.4 Å². The highest BCUT2D eigenvalue weighted by Crippen LogP contribution is 2.08. The minimum absolute atomic E-state index is 0.107. The molecule has 1 unspecified atom stereocenters. The Morgan fingerprint density at radius 2 is 2.67 bits per heavy atom. The molecule has 0 aromatic rings. The molecule has 1 amide bonds. The SMILES string of the molecule is CN1CC(CCl)OC1=O. The molecule has 1 saturated heterocycles. The highest BCUT2D eigenvalue weighted by molar-refractivity contribution is 6.18. The van der Waals surface area contributed by atoms with Crippen molar-refractivity contribution in [3.05, 3.63) is 0 Å². The lowest BCUT2D eigenvalue weighted by atomic mass is 10.4. The quantitative estimate of drug-likeness (QED) is 0.513.